The number of nitrogens with two attached hydrogens (primary N) is 1. The van der Waals surface area contributed by atoms with Gasteiger partial charge >= 0.3 is 0 Å². The van der Waals surface area contributed by atoms with Gasteiger partial charge in [-0.15, -0.1) is 0 Å². The largest absolute Gasteiger partial charge is 0.398 e. The summed E-state index contributed by atoms with van der Waals surface area (Å²) >= 11 is 6.08. The average Bonchev–Trinajstić information content (AvgIpc) is 2.69. The maximum absolute atomic E-state index is 12.4. The third kappa shape index (κ3) is 2.17. The molecule has 2 amide bonds. The predicted octanol–water partition coefficient (Wildman–Crippen LogP) is 3.03. The number of hydrogen-bond acceptors (Lipinski definition) is 3. The lowest BCUT2D eigenvalue weighted by atomic mass is 10.1. The zero-order valence-electron chi connectivity index (χ0n) is 11.4. The van der Waals surface area contributed by atoms with Crippen molar-refractivity contribution in [2.24, 2.45) is 0 Å². The summed E-state index contributed by atoms with van der Waals surface area (Å²) in [7, 11) is 0. The molecule has 106 valence electrons. The molecular formula is C16H13ClN2O2. The maximum Gasteiger partial charge on any atom is 0.263 e. The van der Waals surface area contributed by atoms with E-state index in [1.165, 1.54) is 4.90 Å². The van der Waals surface area contributed by atoms with Crippen LogP contribution in [0.3, 0.4) is 0 Å². The number of anilines is 1. The van der Waals surface area contributed by atoms with E-state index in [-0.39, 0.29) is 18.4 Å². The van der Waals surface area contributed by atoms with Crippen molar-refractivity contribution in [1.29, 1.82) is 0 Å². The molecule has 1 aliphatic heterocycles. The topological polar surface area (TPSA) is 63.4 Å². The van der Waals surface area contributed by atoms with Crippen LogP contribution in [0.25, 0.3) is 0 Å². The van der Waals surface area contributed by atoms with E-state index in [2.05, 4.69) is 0 Å². The second kappa shape index (κ2) is 4.90. The van der Waals surface area contributed by atoms with Gasteiger partial charge in [-0.25, -0.2) is 0 Å². The maximum atomic E-state index is 12.4. The van der Waals surface area contributed by atoms with Crippen molar-refractivity contribution in [3.63, 3.8) is 0 Å². The summed E-state index contributed by atoms with van der Waals surface area (Å²) in [5.41, 5.74) is 8.54. The Kier molecular flexibility index (Phi) is 3.18. The summed E-state index contributed by atoms with van der Waals surface area (Å²) in [5, 5.41) is 0.614. The fourth-order valence-electron chi connectivity index (χ4n) is 2.42. The minimum Gasteiger partial charge on any atom is -0.398 e. The van der Waals surface area contributed by atoms with Gasteiger partial charge in [-0.05, 0) is 36.2 Å². The smallest absolute Gasteiger partial charge is 0.263 e. The summed E-state index contributed by atoms with van der Waals surface area (Å²) in [6.07, 6.45) is 0. The van der Waals surface area contributed by atoms with E-state index >= 15 is 0 Å². The first-order valence-corrected chi connectivity index (χ1v) is 6.86. The molecule has 2 aromatic carbocycles. The summed E-state index contributed by atoms with van der Waals surface area (Å²) in [5.74, 6) is -0.677. The molecule has 0 atom stereocenters. The van der Waals surface area contributed by atoms with Crippen LogP contribution in [0, 0.1) is 6.92 Å². The van der Waals surface area contributed by atoms with Gasteiger partial charge in [0.25, 0.3) is 11.8 Å². The van der Waals surface area contributed by atoms with Gasteiger partial charge in [-0.3, -0.25) is 14.5 Å². The molecule has 0 spiro atoms. The summed E-state index contributed by atoms with van der Waals surface area (Å²) < 4.78 is 0. The molecule has 5 heteroatoms. The van der Waals surface area contributed by atoms with E-state index in [1.807, 2.05) is 19.1 Å². The number of amides is 2. The number of benzene rings is 2. The second-order valence-electron chi connectivity index (χ2n) is 5.05. The van der Waals surface area contributed by atoms with Crippen molar-refractivity contribution in [3.05, 3.63) is 63.7 Å². The van der Waals surface area contributed by atoms with Crippen LogP contribution in [0.1, 0.15) is 31.8 Å². The number of halogens is 1. The van der Waals surface area contributed by atoms with Crippen molar-refractivity contribution in [3.8, 4) is 0 Å². The first-order chi connectivity index (χ1) is 9.99. The molecule has 21 heavy (non-hydrogen) atoms. The number of imide groups is 1. The highest BCUT2D eigenvalue weighted by Gasteiger charge is 2.36. The SMILES string of the molecule is Cc1ccc(CN2C(=O)c3cccc(N)c3C2=O)cc1Cl. The van der Waals surface area contributed by atoms with Crippen LogP contribution in [-0.4, -0.2) is 16.7 Å². The van der Waals surface area contributed by atoms with Crippen LogP contribution >= 0.6 is 11.6 Å². The fraction of sp³-hybridized carbons (Fsp3) is 0.125. The first-order valence-electron chi connectivity index (χ1n) is 6.48. The van der Waals surface area contributed by atoms with Gasteiger partial charge < -0.3 is 5.73 Å². The second-order valence-corrected chi connectivity index (χ2v) is 5.46. The van der Waals surface area contributed by atoms with Gasteiger partial charge in [-0.2, -0.15) is 0 Å². The summed E-state index contributed by atoms with van der Waals surface area (Å²) in [6.45, 7) is 2.08. The Balaban J connectivity index is 1.95. The van der Waals surface area contributed by atoms with Gasteiger partial charge in [0.2, 0.25) is 0 Å². The molecule has 1 aliphatic rings. The van der Waals surface area contributed by atoms with E-state index in [0.717, 1.165) is 11.1 Å². The Morgan fingerprint density at radius 2 is 1.90 bits per heavy atom. The zero-order valence-corrected chi connectivity index (χ0v) is 12.1. The molecule has 2 N–H and O–H groups in total. The van der Waals surface area contributed by atoms with Gasteiger partial charge in [0.15, 0.2) is 0 Å². The average molecular weight is 301 g/mol. The third-order valence-electron chi connectivity index (χ3n) is 3.61. The van der Waals surface area contributed by atoms with Gasteiger partial charge in [0, 0.05) is 10.7 Å². The van der Waals surface area contributed by atoms with Crippen LogP contribution in [0.5, 0.6) is 0 Å². The Morgan fingerprint density at radius 3 is 2.57 bits per heavy atom. The number of fused-ring (bicyclic) bond motifs is 1. The molecule has 3 rings (SSSR count). The fourth-order valence-corrected chi connectivity index (χ4v) is 2.62. The lowest BCUT2D eigenvalue weighted by molar-refractivity contribution is 0.0642. The Hall–Kier alpha value is -2.33. The Morgan fingerprint density at radius 1 is 1.14 bits per heavy atom. The van der Waals surface area contributed by atoms with E-state index in [0.29, 0.717) is 21.8 Å². The highest BCUT2D eigenvalue weighted by Crippen LogP contribution is 2.29. The van der Waals surface area contributed by atoms with Crippen LogP contribution in [0.4, 0.5) is 5.69 Å². The van der Waals surface area contributed by atoms with Crippen LogP contribution in [0.15, 0.2) is 36.4 Å². The number of carbonyl (C=O) groups is 2. The van der Waals surface area contributed by atoms with E-state index in [9.17, 15) is 9.59 Å². The summed E-state index contributed by atoms with van der Waals surface area (Å²) in [6, 6.07) is 10.4. The number of nitrogens with zero attached hydrogens (tertiary/aromatic N) is 1. The monoisotopic (exact) mass is 300 g/mol. The molecule has 0 saturated carbocycles. The molecule has 0 saturated heterocycles. The van der Waals surface area contributed by atoms with Crippen LogP contribution in [0.2, 0.25) is 5.02 Å². The molecule has 0 aromatic heterocycles. The van der Waals surface area contributed by atoms with Crippen molar-refractivity contribution in [2.45, 2.75) is 13.5 Å². The lowest BCUT2D eigenvalue weighted by Crippen LogP contribution is -2.29. The van der Waals surface area contributed by atoms with Gasteiger partial charge in [0.05, 0.1) is 17.7 Å². The molecule has 4 nitrogen and oxygen atoms in total. The minimum absolute atomic E-state index is 0.186. The number of carbonyl (C=O) groups excluding carboxylic acids is 2. The molecule has 0 unspecified atom stereocenters. The van der Waals surface area contributed by atoms with E-state index in [4.69, 9.17) is 17.3 Å². The molecule has 1 heterocycles. The molecule has 2 aromatic rings. The predicted molar refractivity (Wildman–Crippen MR) is 81.2 cm³/mol. The highest BCUT2D eigenvalue weighted by atomic mass is 35.5. The molecule has 0 aliphatic carbocycles. The lowest BCUT2D eigenvalue weighted by Gasteiger charge is -2.14. The van der Waals surface area contributed by atoms with E-state index < -0.39 is 0 Å². The summed E-state index contributed by atoms with van der Waals surface area (Å²) in [4.78, 5) is 25.9. The number of aryl methyl sites for hydroxylation is 1. The van der Waals surface area contributed by atoms with Gasteiger partial charge in [-0.1, -0.05) is 29.8 Å². The molecule has 0 bridgehead atoms. The molecular weight excluding hydrogens is 288 g/mol. The molecule has 0 radical (unpaired) electrons. The van der Waals surface area contributed by atoms with Crippen molar-refractivity contribution < 1.29 is 9.59 Å². The van der Waals surface area contributed by atoms with Crippen LogP contribution in [-0.2, 0) is 6.54 Å². The normalized spacial score (nSPS) is 13.7. The quantitative estimate of drug-likeness (QED) is 0.685. The first kappa shape index (κ1) is 13.6. The Labute approximate surface area is 127 Å². The minimum atomic E-state index is -0.357. The number of rotatable bonds is 2. The van der Waals surface area contributed by atoms with Crippen molar-refractivity contribution >= 4 is 29.1 Å². The molecule has 0 fully saturated rings. The highest BCUT2D eigenvalue weighted by molar-refractivity contribution is 6.31. The standard InChI is InChI=1S/C16H13ClN2O2/c1-9-5-6-10(7-12(9)17)8-19-15(20)11-3-2-4-13(18)14(11)16(19)21/h2-7H,8,18H2,1H3. The Bertz CT molecular complexity index is 771. The zero-order chi connectivity index (χ0) is 15.1. The van der Waals surface area contributed by atoms with Crippen LogP contribution < -0.4 is 5.73 Å². The third-order valence-corrected chi connectivity index (χ3v) is 4.02. The van der Waals surface area contributed by atoms with Gasteiger partial charge in [0.1, 0.15) is 0 Å². The number of hydrogen-bond donors (Lipinski definition) is 1. The number of nitrogen functional groups attached to an aromatic ring is 1. The van der Waals surface area contributed by atoms with Crippen molar-refractivity contribution in [1.82, 2.24) is 4.90 Å². The van der Waals surface area contributed by atoms with E-state index in [1.54, 1.807) is 24.3 Å². The van der Waals surface area contributed by atoms with Crippen molar-refractivity contribution in [2.75, 3.05) is 5.73 Å².